The van der Waals surface area contributed by atoms with E-state index in [1.54, 1.807) is 12.2 Å². The zero-order valence-electron chi connectivity index (χ0n) is 15.6. The first-order valence-electron chi connectivity index (χ1n) is 9.30. The Morgan fingerprint density at radius 1 is 0.607 bits per heavy atom. The summed E-state index contributed by atoms with van der Waals surface area (Å²) in [5.41, 5.74) is 2.83. The molecule has 0 heterocycles. The molecule has 0 N–H and O–H groups in total. The number of carbonyl (C=O) groups excluding carboxylic acids is 2. The van der Waals surface area contributed by atoms with Crippen molar-refractivity contribution < 1.29 is 9.59 Å². The van der Waals surface area contributed by atoms with Gasteiger partial charge >= 0.3 is 0 Å². The van der Waals surface area contributed by atoms with E-state index < -0.39 is 5.92 Å². The SMILES string of the molecule is O=C(/C=C/c1ccccc1)C(Cc1ccccc1)C(=O)/C=C/c1ccccc1. The van der Waals surface area contributed by atoms with Crippen LogP contribution in [-0.4, -0.2) is 11.6 Å². The zero-order valence-corrected chi connectivity index (χ0v) is 15.6. The van der Waals surface area contributed by atoms with Crippen LogP contribution in [0.2, 0.25) is 0 Å². The van der Waals surface area contributed by atoms with E-state index in [1.165, 1.54) is 12.2 Å². The van der Waals surface area contributed by atoms with E-state index in [0.717, 1.165) is 16.7 Å². The largest absolute Gasteiger partial charge is 0.294 e. The van der Waals surface area contributed by atoms with Crippen molar-refractivity contribution in [3.05, 3.63) is 120 Å². The molecule has 0 aromatic heterocycles. The first kappa shape index (κ1) is 19.2. The summed E-state index contributed by atoms with van der Waals surface area (Å²) in [6, 6.07) is 28.8. The third-order valence-corrected chi connectivity index (χ3v) is 4.45. The molecule has 2 heteroatoms. The van der Waals surface area contributed by atoms with Gasteiger partial charge in [-0.05, 0) is 35.3 Å². The number of allylic oxidation sites excluding steroid dienone is 2. The first-order valence-corrected chi connectivity index (χ1v) is 9.30. The van der Waals surface area contributed by atoms with Gasteiger partial charge in [-0.3, -0.25) is 9.59 Å². The Morgan fingerprint density at radius 3 is 1.43 bits per heavy atom. The standard InChI is InChI=1S/C26H22O2/c27-25(18-16-21-10-4-1-5-11-21)24(20-23-14-8-3-9-15-23)26(28)19-17-22-12-6-2-7-13-22/h1-19,24H,20H2/b18-16+,19-17+. The maximum atomic E-state index is 12.8. The molecular weight excluding hydrogens is 344 g/mol. The van der Waals surface area contributed by atoms with Crippen LogP contribution in [0.1, 0.15) is 16.7 Å². The van der Waals surface area contributed by atoms with Crippen molar-refractivity contribution >= 4 is 23.7 Å². The Bertz CT molecular complexity index is 894. The molecule has 0 spiro atoms. The number of ketones is 2. The molecule has 0 atom stereocenters. The van der Waals surface area contributed by atoms with Crippen LogP contribution >= 0.6 is 0 Å². The molecule has 3 rings (SSSR count). The number of hydrogen-bond donors (Lipinski definition) is 0. The van der Waals surface area contributed by atoms with E-state index in [-0.39, 0.29) is 11.6 Å². The second-order valence-corrected chi connectivity index (χ2v) is 6.54. The maximum absolute atomic E-state index is 12.8. The normalized spacial score (nSPS) is 11.3. The van der Waals surface area contributed by atoms with E-state index in [1.807, 2.05) is 91.0 Å². The predicted molar refractivity (Wildman–Crippen MR) is 115 cm³/mol. The lowest BCUT2D eigenvalue weighted by Crippen LogP contribution is -2.23. The quantitative estimate of drug-likeness (QED) is 0.394. The summed E-state index contributed by atoms with van der Waals surface area (Å²) in [4.78, 5) is 25.7. The van der Waals surface area contributed by atoms with Crippen molar-refractivity contribution in [1.82, 2.24) is 0 Å². The molecule has 3 aromatic rings. The van der Waals surface area contributed by atoms with E-state index >= 15 is 0 Å². The molecule has 28 heavy (non-hydrogen) atoms. The van der Waals surface area contributed by atoms with Crippen LogP contribution in [0.15, 0.2) is 103 Å². The summed E-state index contributed by atoms with van der Waals surface area (Å²) in [6.45, 7) is 0. The van der Waals surface area contributed by atoms with E-state index in [2.05, 4.69) is 0 Å². The zero-order chi connectivity index (χ0) is 19.6. The lowest BCUT2D eigenvalue weighted by molar-refractivity contribution is -0.127. The molecule has 0 fully saturated rings. The maximum Gasteiger partial charge on any atom is 0.166 e. The first-order chi connectivity index (χ1) is 13.7. The molecule has 0 aliphatic rings. The topological polar surface area (TPSA) is 34.1 Å². The summed E-state index contributed by atoms with van der Waals surface area (Å²) in [5, 5.41) is 0. The van der Waals surface area contributed by atoms with Gasteiger partial charge in [-0.1, -0.05) is 103 Å². The second-order valence-electron chi connectivity index (χ2n) is 6.54. The number of rotatable bonds is 8. The fourth-order valence-corrected chi connectivity index (χ4v) is 2.91. The Kier molecular flexibility index (Phi) is 6.86. The van der Waals surface area contributed by atoms with E-state index in [9.17, 15) is 9.59 Å². The highest BCUT2D eigenvalue weighted by atomic mass is 16.1. The van der Waals surface area contributed by atoms with Gasteiger partial charge in [-0.2, -0.15) is 0 Å². The van der Waals surface area contributed by atoms with Gasteiger partial charge in [0.1, 0.15) is 0 Å². The fraction of sp³-hybridized carbons (Fsp3) is 0.0769. The molecule has 138 valence electrons. The van der Waals surface area contributed by atoms with Crippen molar-refractivity contribution in [1.29, 1.82) is 0 Å². The van der Waals surface area contributed by atoms with Crippen LogP contribution in [0.3, 0.4) is 0 Å². The molecule has 0 unspecified atom stereocenters. The molecule has 0 aliphatic heterocycles. The van der Waals surface area contributed by atoms with Crippen molar-refractivity contribution in [2.45, 2.75) is 6.42 Å². The second kappa shape index (κ2) is 9.98. The number of benzene rings is 3. The Morgan fingerprint density at radius 2 is 1.00 bits per heavy atom. The molecule has 0 radical (unpaired) electrons. The van der Waals surface area contributed by atoms with Gasteiger partial charge in [0, 0.05) is 0 Å². The Hall–Kier alpha value is -3.52. The van der Waals surface area contributed by atoms with Gasteiger partial charge in [0.25, 0.3) is 0 Å². The number of hydrogen-bond acceptors (Lipinski definition) is 2. The van der Waals surface area contributed by atoms with Crippen LogP contribution < -0.4 is 0 Å². The summed E-state index contributed by atoms with van der Waals surface area (Å²) in [5.74, 6) is -1.10. The molecular formula is C26H22O2. The van der Waals surface area contributed by atoms with Gasteiger partial charge in [-0.25, -0.2) is 0 Å². The summed E-state index contributed by atoms with van der Waals surface area (Å²) >= 11 is 0. The third-order valence-electron chi connectivity index (χ3n) is 4.45. The minimum atomic E-state index is -0.734. The molecule has 0 saturated carbocycles. The van der Waals surface area contributed by atoms with Crippen molar-refractivity contribution in [2.24, 2.45) is 5.92 Å². The Labute approximate surface area is 165 Å². The van der Waals surface area contributed by atoms with Gasteiger partial charge in [0.2, 0.25) is 0 Å². The minimum Gasteiger partial charge on any atom is -0.294 e. The lowest BCUT2D eigenvalue weighted by atomic mass is 9.90. The molecule has 0 saturated heterocycles. The van der Waals surface area contributed by atoms with Crippen molar-refractivity contribution in [3.8, 4) is 0 Å². The summed E-state index contributed by atoms with van der Waals surface area (Å²) < 4.78 is 0. The monoisotopic (exact) mass is 366 g/mol. The molecule has 0 amide bonds. The molecule has 0 bridgehead atoms. The highest BCUT2D eigenvalue weighted by molar-refractivity contribution is 6.13. The van der Waals surface area contributed by atoms with Gasteiger partial charge in [0.15, 0.2) is 11.6 Å². The predicted octanol–water partition coefficient (Wildman–Crippen LogP) is 5.41. The minimum absolute atomic E-state index is 0.185. The van der Waals surface area contributed by atoms with Gasteiger partial charge in [-0.15, -0.1) is 0 Å². The van der Waals surface area contributed by atoms with E-state index in [4.69, 9.17) is 0 Å². The average Bonchev–Trinajstić information content (AvgIpc) is 2.76. The Balaban J connectivity index is 1.79. The average molecular weight is 366 g/mol. The summed E-state index contributed by atoms with van der Waals surface area (Å²) in [6.07, 6.45) is 6.92. The number of carbonyl (C=O) groups is 2. The summed E-state index contributed by atoms with van der Waals surface area (Å²) in [7, 11) is 0. The van der Waals surface area contributed by atoms with Crippen molar-refractivity contribution in [2.75, 3.05) is 0 Å². The van der Waals surface area contributed by atoms with Crippen LogP contribution in [0.5, 0.6) is 0 Å². The highest BCUT2D eigenvalue weighted by Crippen LogP contribution is 2.15. The smallest absolute Gasteiger partial charge is 0.166 e. The fourth-order valence-electron chi connectivity index (χ4n) is 2.91. The lowest BCUT2D eigenvalue weighted by Gasteiger charge is -2.11. The van der Waals surface area contributed by atoms with Crippen LogP contribution in [0, 0.1) is 5.92 Å². The van der Waals surface area contributed by atoms with E-state index in [0.29, 0.717) is 6.42 Å². The van der Waals surface area contributed by atoms with Gasteiger partial charge < -0.3 is 0 Å². The van der Waals surface area contributed by atoms with Crippen molar-refractivity contribution in [3.63, 3.8) is 0 Å². The van der Waals surface area contributed by atoms with Crippen LogP contribution in [-0.2, 0) is 16.0 Å². The molecule has 0 aliphatic carbocycles. The van der Waals surface area contributed by atoms with Crippen LogP contribution in [0.4, 0.5) is 0 Å². The van der Waals surface area contributed by atoms with Crippen LogP contribution in [0.25, 0.3) is 12.2 Å². The molecule has 2 nitrogen and oxygen atoms in total. The highest BCUT2D eigenvalue weighted by Gasteiger charge is 2.23. The molecule has 3 aromatic carbocycles. The van der Waals surface area contributed by atoms with Gasteiger partial charge in [0.05, 0.1) is 5.92 Å². The third kappa shape index (κ3) is 5.75.